The normalized spacial score (nSPS) is 29.5. The zero-order valence-electron chi connectivity index (χ0n) is 6.66. The highest BCUT2D eigenvalue weighted by atomic mass is 79.9. The van der Waals surface area contributed by atoms with Crippen molar-refractivity contribution < 1.29 is 9.26 Å². The van der Waals surface area contributed by atoms with E-state index in [1.54, 1.807) is 0 Å². The first kappa shape index (κ1) is 8.19. The average molecular weight is 233 g/mol. The monoisotopic (exact) mass is 232 g/mol. The van der Waals surface area contributed by atoms with Crippen LogP contribution in [0.2, 0.25) is 0 Å². The molecule has 2 heterocycles. The fraction of sp³-hybridized carbons (Fsp3) is 0.714. The van der Waals surface area contributed by atoms with Crippen molar-refractivity contribution >= 4 is 15.9 Å². The molecule has 1 aromatic rings. The Labute approximate surface area is 78.4 Å². The molecule has 5 heteroatoms. The van der Waals surface area contributed by atoms with Crippen LogP contribution < -0.4 is 0 Å². The van der Waals surface area contributed by atoms with E-state index in [9.17, 15) is 0 Å². The average Bonchev–Trinajstić information content (AvgIpc) is 2.58. The van der Waals surface area contributed by atoms with E-state index in [2.05, 4.69) is 33.0 Å². The summed E-state index contributed by atoms with van der Waals surface area (Å²) >= 11 is 3.13. The van der Waals surface area contributed by atoms with E-state index in [0.29, 0.717) is 16.5 Å². The van der Waals surface area contributed by atoms with E-state index in [1.807, 2.05) is 0 Å². The van der Waals surface area contributed by atoms with Gasteiger partial charge >= 0.3 is 0 Å². The first-order valence-electron chi connectivity index (χ1n) is 3.88. The lowest BCUT2D eigenvalue weighted by Crippen LogP contribution is -2.03. The highest BCUT2D eigenvalue weighted by Crippen LogP contribution is 2.33. The third kappa shape index (κ3) is 1.38. The Kier molecular flexibility index (Phi) is 2.14. The Morgan fingerprint density at radius 3 is 2.92 bits per heavy atom. The van der Waals surface area contributed by atoms with Crippen molar-refractivity contribution in [3.8, 4) is 0 Å². The summed E-state index contributed by atoms with van der Waals surface area (Å²) in [6.07, 6.45) is 1.05. The molecule has 0 bridgehead atoms. The molecule has 0 spiro atoms. The Balaban J connectivity index is 2.19. The lowest BCUT2D eigenvalue weighted by molar-refractivity contribution is 0.0661. The van der Waals surface area contributed by atoms with Crippen LogP contribution >= 0.6 is 15.9 Å². The number of nitrogens with zero attached hydrogens (tertiary/aromatic N) is 2. The minimum absolute atomic E-state index is 0.0104. The molecule has 0 aromatic carbocycles. The summed E-state index contributed by atoms with van der Waals surface area (Å²) in [6.45, 7) is 2.90. The van der Waals surface area contributed by atoms with Gasteiger partial charge in [-0.25, -0.2) is 0 Å². The summed E-state index contributed by atoms with van der Waals surface area (Å²) in [5, 5.41) is 3.65. The largest absolute Gasteiger partial charge is 0.368 e. The van der Waals surface area contributed by atoms with Gasteiger partial charge in [0.1, 0.15) is 6.10 Å². The van der Waals surface area contributed by atoms with Crippen LogP contribution in [0.3, 0.4) is 0 Å². The predicted molar refractivity (Wildman–Crippen MR) is 44.5 cm³/mol. The van der Waals surface area contributed by atoms with Gasteiger partial charge in [-0.1, -0.05) is 6.92 Å². The summed E-state index contributed by atoms with van der Waals surface area (Å²) in [5.74, 6) is 1.05. The second-order valence-corrected chi connectivity index (χ2v) is 3.67. The SMILES string of the molecule is CC1CCOC1c1nc(Br)no1. The second-order valence-electron chi connectivity index (χ2n) is 2.96. The van der Waals surface area contributed by atoms with Crippen molar-refractivity contribution in [2.24, 2.45) is 5.92 Å². The van der Waals surface area contributed by atoms with Crippen LogP contribution in [0.15, 0.2) is 9.26 Å². The van der Waals surface area contributed by atoms with Crippen LogP contribution in [0.1, 0.15) is 25.3 Å². The van der Waals surface area contributed by atoms with Gasteiger partial charge in [0.15, 0.2) is 0 Å². The first-order chi connectivity index (χ1) is 5.77. The molecule has 2 atom stereocenters. The highest BCUT2D eigenvalue weighted by molar-refractivity contribution is 9.10. The Hall–Kier alpha value is -0.420. The van der Waals surface area contributed by atoms with Crippen molar-refractivity contribution in [1.82, 2.24) is 10.1 Å². The number of rotatable bonds is 1. The fourth-order valence-electron chi connectivity index (χ4n) is 1.34. The van der Waals surface area contributed by atoms with Gasteiger partial charge in [-0.15, -0.1) is 0 Å². The lowest BCUT2D eigenvalue weighted by atomic mass is 10.0. The smallest absolute Gasteiger partial charge is 0.256 e. The molecule has 2 rings (SSSR count). The van der Waals surface area contributed by atoms with Crippen LogP contribution in [0.5, 0.6) is 0 Å². The number of aromatic nitrogens is 2. The molecule has 66 valence electrons. The summed E-state index contributed by atoms with van der Waals surface area (Å²) in [7, 11) is 0. The van der Waals surface area contributed by atoms with Gasteiger partial charge in [-0.3, -0.25) is 0 Å². The quantitative estimate of drug-likeness (QED) is 0.743. The molecule has 0 N–H and O–H groups in total. The highest BCUT2D eigenvalue weighted by Gasteiger charge is 2.30. The second kappa shape index (κ2) is 3.14. The minimum atomic E-state index is -0.0104. The van der Waals surface area contributed by atoms with Gasteiger partial charge in [0.05, 0.1) is 0 Å². The zero-order chi connectivity index (χ0) is 8.55. The van der Waals surface area contributed by atoms with Crippen molar-refractivity contribution in [2.45, 2.75) is 19.4 Å². The maximum Gasteiger partial charge on any atom is 0.256 e. The molecule has 12 heavy (non-hydrogen) atoms. The van der Waals surface area contributed by atoms with E-state index in [-0.39, 0.29) is 6.10 Å². The van der Waals surface area contributed by atoms with E-state index in [0.717, 1.165) is 13.0 Å². The fourth-order valence-corrected chi connectivity index (χ4v) is 1.59. The van der Waals surface area contributed by atoms with Gasteiger partial charge in [0.2, 0.25) is 4.73 Å². The minimum Gasteiger partial charge on any atom is -0.368 e. The van der Waals surface area contributed by atoms with Crippen LogP contribution in [0.4, 0.5) is 0 Å². The van der Waals surface area contributed by atoms with Crippen molar-refractivity contribution in [1.29, 1.82) is 0 Å². The first-order valence-corrected chi connectivity index (χ1v) is 4.67. The molecule has 0 radical (unpaired) electrons. The molecular formula is C7H9BrN2O2. The van der Waals surface area contributed by atoms with E-state index in [4.69, 9.17) is 9.26 Å². The Morgan fingerprint density at radius 1 is 1.58 bits per heavy atom. The third-order valence-electron chi connectivity index (χ3n) is 2.05. The van der Waals surface area contributed by atoms with Crippen molar-refractivity contribution in [2.75, 3.05) is 6.61 Å². The summed E-state index contributed by atoms with van der Waals surface area (Å²) in [5.41, 5.74) is 0. The van der Waals surface area contributed by atoms with Gasteiger partial charge in [-0.2, -0.15) is 4.98 Å². The molecule has 0 amide bonds. The standard InChI is InChI=1S/C7H9BrN2O2/c1-4-2-3-11-5(4)6-9-7(8)10-12-6/h4-5H,2-3H2,1H3. The lowest BCUT2D eigenvalue weighted by Gasteiger charge is -2.07. The molecule has 1 fully saturated rings. The van der Waals surface area contributed by atoms with E-state index < -0.39 is 0 Å². The zero-order valence-corrected chi connectivity index (χ0v) is 8.24. The number of halogens is 1. The predicted octanol–water partition coefficient (Wildman–Crippen LogP) is 1.93. The van der Waals surface area contributed by atoms with E-state index >= 15 is 0 Å². The number of hydrogen-bond donors (Lipinski definition) is 0. The molecule has 4 nitrogen and oxygen atoms in total. The van der Waals surface area contributed by atoms with Crippen molar-refractivity contribution in [3.63, 3.8) is 0 Å². The molecule has 2 unspecified atom stereocenters. The third-order valence-corrected chi connectivity index (χ3v) is 2.37. The molecule has 0 saturated carbocycles. The van der Waals surface area contributed by atoms with Gasteiger partial charge in [-0.05, 0) is 33.4 Å². The Morgan fingerprint density at radius 2 is 2.42 bits per heavy atom. The van der Waals surface area contributed by atoms with Crippen LogP contribution in [0, 0.1) is 5.92 Å². The summed E-state index contributed by atoms with van der Waals surface area (Å²) in [6, 6.07) is 0. The van der Waals surface area contributed by atoms with Gasteiger partial charge in [0.25, 0.3) is 5.89 Å². The van der Waals surface area contributed by atoms with Crippen LogP contribution in [-0.4, -0.2) is 16.7 Å². The maximum atomic E-state index is 5.45. The summed E-state index contributed by atoms with van der Waals surface area (Å²) in [4.78, 5) is 4.06. The van der Waals surface area contributed by atoms with Gasteiger partial charge < -0.3 is 9.26 Å². The molecular weight excluding hydrogens is 224 g/mol. The Bertz CT molecular complexity index is 276. The molecule has 1 saturated heterocycles. The molecule has 0 aliphatic carbocycles. The molecule has 1 aliphatic rings. The summed E-state index contributed by atoms with van der Waals surface area (Å²) < 4.78 is 10.9. The van der Waals surface area contributed by atoms with E-state index in [1.165, 1.54) is 0 Å². The number of hydrogen-bond acceptors (Lipinski definition) is 4. The number of ether oxygens (including phenoxy) is 1. The van der Waals surface area contributed by atoms with Gasteiger partial charge in [0, 0.05) is 6.61 Å². The molecule has 1 aromatic heterocycles. The topological polar surface area (TPSA) is 48.2 Å². The van der Waals surface area contributed by atoms with Crippen LogP contribution in [-0.2, 0) is 4.74 Å². The molecule has 1 aliphatic heterocycles. The van der Waals surface area contributed by atoms with Crippen LogP contribution in [0.25, 0.3) is 0 Å². The maximum absolute atomic E-state index is 5.45. The van der Waals surface area contributed by atoms with Crippen molar-refractivity contribution in [3.05, 3.63) is 10.6 Å².